The largest absolute Gasteiger partial charge is 0.396 e. The molecule has 0 amide bonds. The molecule has 0 saturated carbocycles. The van der Waals surface area contributed by atoms with Crippen molar-refractivity contribution in [2.24, 2.45) is 0 Å². The summed E-state index contributed by atoms with van der Waals surface area (Å²) in [5, 5.41) is 20.9. The maximum Gasteiger partial charge on any atom is 0.149 e. The molecule has 0 bridgehead atoms. The average molecular weight is 270 g/mol. The van der Waals surface area contributed by atoms with E-state index >= 15 is 0 Å². The summed E-state index contributed by atoms with van der Waals surface area (Å²) in [5.74, 6) is -0.0441. The molecule has 0 unspecified atom stereocenters. The van der Waals surface area contributed by atoms with Crippen molar-refractivity contribution in [3.05, 3.63) is 10.4 Å². The molecule has 0 aliphatic rings. The molecule has 0 aliphatic heterocycles. The molecule has 0 aliphatic carbocycles. The lowest BCUT2D eigenvalue weighted by molar-refractivity contribution is 0.602. The first-order valence-corrected chi connectivity index (χ1v) is 7.40. The van der Waals surface area contributed by atoms with E-state index in [1.54, 1.807) is 0 Å². The summed E-state index contributed by atoms with van der Waals surface area (Å²) < 4.78 is 21.9. The highest BCUT2D eigenvalue weighted by Crippen LogP contribution is 2.34. The van der Waals surface area contributed by atoms with Gasteiger partial charge >= 0.3 is 0 Å². The summed E-state index contributed by atoms with van der Waals surface area (Å²) in [4.78, 5) is 0.253. The van der Waals surface area contributed by atoms with Crippen molar-refractivity contribution in [3.8, 4) is 12.1 Å². The van der Waals surface area contributed by atoms with E-state index in [0.29, 0.717) is 5.00 Å². The van der Waals surface area contributed by atoms with Gasteiger partial charge in [-0.25, -0.2) is 8.42 Å². The Morgan fingerprint density at radius 1 is 1.41 bits per heavy atom. The normalized spacial score (nSPS) is 10.5. The average Bonchev–Trinajstić information content (AvgIpc) is 2.53. The third kappa shape index (κ3) is 3.34. The van der Waals surface area contributed by atoms with Crippen molar-refractivity contribution in [2.45, 2.75) is 0 Å². The van der Waals surface area contributed by atoms with Crippen LogP contribution in [0.1, 0.15) is 10.4 Å². The Morgan fingerprint density at radius 3 is 2.53 bits per heavy atom. The van der Waals surface area contributed by atoms with Crippen LogP contribution in [-0.4, -0.2) is 27.0 Å². The van der Waals surface area contributed by atoms with Gasteiger partial charge < -0.3 is 11.1 Å². The fourth-order valence-electron chi connectivity index (χ4n) is 1.11. The smallest absolute Gasteiger partial charge is 0.149 e. The minimum atomic E-state index is -3.06. The van der Waals surface area contributed by atoms with Crippen LogP contribution in [0.25, 0.3) is 0 Å². The monoisotopic (exact) mass is 270 g/mol. The van der Waals surface area contributed by atoms with Gasteiger partial charge in [-0.3, -0.25) is 0 Å². The topological polar surface area (TPSA) is 120 Å². The number of sulfone groups is 1. The zero-order chi connectivity index (χ0) is 13.1. The lowest BCUT2D eigenvalue weighted by Gasteiger charge is -2.02. The molecule has 17 heavy (non-hydrogen) atoms. The summed E-state index contributed by atoms with van der Waals surface area (Å²) in [6.07, 6.45) is 1.13. The fraction of sp³-hybridized carbons (Fsp3) is 0.333. The molecule has 1 aromatic rings. The van der Waals surface area contributed by atoms with Crippen LogP contribution in [-0.2, 0) is 9.84 Å². The molecular weight excluding hydrogens is 260 g/mol. The van der Waals surface area contributed by atoms with Gasteiger partial charge in [0.15, 0.2) is 0 Å². The van der Waals surface area contributed by atoms with Gasteiger partial charge in [-0.15, -0.1) is 11.3 Å². The van der Waals surface area contributed by atoms with Gasteiger partial charge in [-0.05, 0) is 0 Å². The van der Waals surface area contributed by atoms with Gasteiger partial charge in [-0.2, -0.15) is 10.5 Å². The van der Waals surface area contributed by atoms with E-state index < -0.39 is 9.84 Å². The SMILES string of the molecule is CS(=O)(=O)CCNc1sc(C#N)c(N)c1C#N. The number of nitriles is 2. The van der Waals surface area contributed by atoms with E-state index in [2.05, 4.69) is 5.32 Å². The maximum absolute atomic E-state index is 10.9. The predicted molar refractivity (Wildman–Crippen MR) is 66.4 cm³/mol. The van der Waals surface area contributed by atoms with E-state index in [0.717, 1.165) is 17.6 Å². The first kappa shape index (κ1) is 13.3. The van der Waals surface area contributed by atoms with Crippen LogP contribution < -0.4 is 11.1 Å². The quantitative estimate of drug-likeness (QED) is 0.823. The Hall–Kier alpha value is -1.77. The van der Waals surface area contributed by atoms with Crippen molar-refractivity contribution in [1.82, 2.24) is 0 Å². The molecule has 8 heteroatoms. The molecule has 1 aromatic heterocycles. The van der Waals surface area contributed by atoms with Crippen LogP contribution in [0.3, 0.4) is 0 Å². The van der Waals surface area contributed by atoms with Gasteiger partial charge in [0.05, 0.1) is 11.4 Å². The Balaban J connectivity index is 2.87. The number of nitrogens with two attached hydrogens (primary N) is 1. The van der Waals surface area contributed by atoms with Gasteiger partial charge in [-0.1, -0.05) is 0 Å². The fourth-order valence-corrected chi connectivity index (χ4v) is 2.48. The molecule has 6 nitrogen and oxygen atoms in total. The minimum Gasteiger partial charge on any atom is -0.396 e. The van der Waals surface area contributed by atoms with Crippen LogP contribution >= 0.6 is 11.3 Å². The van der Waals surface area contributed by atoms with Crippen LogP contribution in [0, 0.1) is 22.7 Å². The van der Waals surface area contributed by atoms with Crippen LogP contribution in [0.5, 0.6) is 0 Å². The zero-order valence-electron chi connectivity index (χ0n) is 9.02. The van der Waals surface area contributed by atoms with Crippen LogP contribution in [0.4, 0.5) is 10.7 Å². The number of nitrogens with one attached hydrogen (secondary N) is 1. The van der Waals surface area contributed by atoms with Crippen molar-refractivity contribution in [1.29, 1.82) is 10.5 Å². The van der Waals surface area contributed by atoms with Crippen molar-refractivity contribution >= 4 is 31.9 Å². The molecule has 3 N–H and O–H groups in total. The molecule has 0 atom stereocenters. The van der Waals surface area contributed by atoms with Crippen LogP contribution in [0.15, 0.2) is 0 Å². The molecule has 1 heterocycles. The highest BCUT2D eigenvalue weighted by Gasteiger charge is 2.15. The zero-order valence-corrected chi connectivity index (χ0v) is 10.7. The molecule has 0 aromatic carbocycles. The Kier molecular flexibility index (Phi) is 3.94. The first-order valence-electron chi connectivity index (χ1n) is 4.53. The Labute approximate surface area is 103 Å². The number of nitrogen functional groups attached to an aromatic ring is 1. The van der Waals surface area contributed by atoms with Crippen molar-refractivity contribution in [2.75, 3.05) is 29.6 Å². The number of rotatable bonds is 4. The third-order valence-electron chi connectivity index (χ3n) is 1.92. The van der Waals surface area contributed by atoms with Gasteiger partial charge in [0.25, 0.3) is 0 Å². The molecule has 0 radical (unpaired) electrons. The van der Waals surface area contributed by atoms with Crippen molar-refractivity contribution in [3.63, 3.8) is 0 Å². The number of thiophene rings is 1. The first-order chi connectivity index (χ1) is 7.89. The lowest BCUT2D eigenvalue weighted by Crippen LogP contribution is -2.13. The standard InChI is InChI=1S/C9H10N4O2S2/c1-17(14,15)3-2-13-9-6(4-10)8(12)7(5-11)16-9/h13H,2-3,12H2,1H3. The predicted octanol–water partition coefficient (Wildman–Crippen LogP) is 0.530. The molecule has 1 rings (SSSR count). The van der Waals surface area contributed by atoms with Gasteiger partial charge in [0, 0.05) is 12.8 Å². The minimum absolute atomic E-state index is 0.0441. The Morgan fingerprint density at radius 2 is 2.06 bits per heavy atom. The number of nitrogens with zero attached hydrogens (tertiary/aromatic N) is 2. The van der Waals surface area contributed by atoms with Crippen molar-refractivity contribution < 1.29 is 8.42 Å². The molecule has 90 valence electrons. The number of hydrogen-bond acceptors (Lipinski definition) is 7. The lowest BCUT2D eigenvalue weighted by atomic mass is 10.2. The van der Waals surface area contributed by atoms with Gasteiger partial charge in [0.1, 0.15) is 37.4 Å². The van der Waals surface area contributed by atoms with E-state index in [4.69, 9.17) is 16.3 Å². The summed E-state index contributed by atoms with van der Waals surface area (Å²) in [7, 11) is -3.06. The molecule has 0 fully saturated rings. The van der Waals surface area contributed by atoms with Crippen LogP contribution in [0.2, 0.25) is 0 Å². The van der Waals surface area contributed by atoms with Gasteiger partial charge in [0.2, 0.25) is 0 Å². The Bertz CT molecular complexity index is 604. The summed E-state index contributed by atoms with van der Waals surface area (Å²) in [6.45, 7) is 0.179. The summed E-state index contributed by atoms with van der Waals surface area (Å²) >= 11 is 1.05. The van der Waals surface area contributed by atoms with E-state index in [-0.39, 0.29) is 28.4 Å². The number of anilines is 2. The van der Waals surface area contributed by atoms with E-state index in [9.17, 15) is 8.42 Å². The second-order valence-electron chi connectivity index (χ2n) is 3.33. The summed E-state index contributed by atoms with van der Waals surface area (Å²) in [5.41, 5.74) is 5.92. The second kappa shape index (κ2) is 5.04. The highest BCUT2D eigenvalue weighted by atomic mass is 32.2. The third-order valence-corrected chi connectivity index (χ3v) is 3.93. The van der Waals surface area contributed by atoms with E-state index in [1.165, 1.54) is 0 Å². The van der Waals surface area contributed by atoms with E-state index in [1.807, 2.05) is 12.1 Å². The highest BCUT2D eigenvalue weighted by molar-refractivity contribution is 7.90. The molecule has 0 spiro atoms. The summed E-state index contributed by atoms with van der Waals surface area (Å²) in [6, 6.07) is 3.77. The maximum atomic E-state index is 10.9. The number of hydrogen-bond donors (Lipinski definition) is 2. The molecular formula is C9H10N4O2S2. The second-order valence-corrected chi connectivity index (χ2v) is 6.61. The molecule has 0 saturated heterocycles.